The van der Waals surface area contributed by atoms with Crippen LogP contribution >= 0.6 is 11.3 Å². The highest BCUT2D eigenvalue weighted by Crippen LogP contribution is 2.11. The van der Waals surface area contributed by atoms with E-state index in [4.69, 9.17) is 9.84 Å². The van der Waals surface area contributed by atoms with Gasteiger partial charge in [0.2, 0.25) is 5.91 Å². The zero-order valence-electron chi connectivity index (χ0n) is 10.1. The number of amides is 1. The van der Waals surface area contributed by atoms with Crippen LogP contribution < -0.4 is 10.2 Å². The van der Waals surface area contributed by atoms with Crippen LogP contribution in [0.3, 0.4) is 0 Å². The summed E-state index contributed by atoms with van der Waals surface area (Å²) in [4.78, 5) is 33.4. The summed E-state index contributed by atoms with van der Waals surface area (Å²) in [6.07, 6.45) is 0. The molecule has 18 heavy (non-hydrogen) atoms. The van der Waals surface area contributed by atoms with Gasteiger partial charge >= 0.3 is 10.8 Å². The molecule has 0 aliphatic rings. The molecule has 0 spiro atoms. The first-order valence-electron chi connectivity index (χ1n) is 5.16. The van der Waals surface area contributed by atoms with Gasteiger partial charge < -0.3 is 15.2 Å². The lowest BCUT2D eigenvalue weighted by Crippen LogP contribution is -2.33. The van der Waals surface area contributed by atoms with Gasteiger partial charge in [-0.1, -0.05) is 11.3 Å². The Balaban J connectivity index is 2.76. The molecule has 7 nitrogen and oxygen atoms in total. The molecule has 0 saturated heterocycles. The molecule has 1 aromatic rings. The number of aromatic carboxylic acids is 1. The number of carboxylic acid groups (broad SMARTS) is 1. The summed E-state index contributed by atoms with van der Waals surface area (Å²) < 4.78 is 5.92. The highest BCUT2D eigenvalue weighted by molar-refractivity contribution is 7.11. The molecule has 0 atom stereocenters. The van der Waals surface area contributed by atoms with Crippen molar-refractivity contribution in [1.29, 1.82) is 0 Å². The molecule has 0 aliphatic carbocycles. The molecular formula is C10H14N2O5S. The van der Waals surface area contributed by atoms with Gasteiger partial charge in [-0.15, -0.1) is 0 Å². The molecule has 0 bridgehead atoms. The van der Waals surface area contributed by atoms with Gasteiger partial charge in [-0.3, -0.25) is 14.2 Å². The second-order valence-electron chi connectivity index (χ2n) is 3.52. The average molecular weight is 274 g/mol. The second kappa shape index (κ2) is 6.31. The van der Waals surface area contributed by atoms with E-state index in [1.165, 1.54) is 14.0 Å². The molecule has 1 rings (SSSR count). The fourth-order valence-corrected chi connectivity index (χ4v) is 2.18. The Bertz CT molecular complexity index is 505. The van der Waals surface area contributed by atoms with E-state index in [2.05, 4.69) is 5.32 Å². The summed E-state index contributed by atoms with van der Waals surface area (Å²) in [7, 11) is 1.51. The Morgan fingerprint density at radius 3 is 2.67 bits per heavy atom. The van der Waals surface area contributed by atoms with E-state index in [0.29, 0.717) is 30.2 Å². The third-order valence-electron chi connectivity index (χ3n) is 2.27. The first kappa shape index (κ1) is 14.4. The first-order valence-corrected chi connectivity index (χ1v) is 5.98. The van der Waals surface area contributed by atoms with Crippen LogP contribution in [-0.4, -0.2) is 41.8 Å². The van der Waals surface area contributed by atoms with E-state index in [1.54, 1.807) is 0 Å². The van der Waals surface area contributed by atoms with Crippen LogP contribution in [0.1, 0.15) is 15.4 Å². The molecule has 1 aromatic heterocycles. The Labute approximate surface area is 107 Å². The zero-order chi connectivity index (χ0) is 13.7. The maximum atomic E-state index is 11.5. The van der Waals surface area contributed by atoms with Crippen molar-refractivity contribution in [1.82, 2.24) is 9.88 Å². The Kier molecular flexibility index (Phi) is 5.05. The van der Waals surface area contributed by atoms with Gasteiger partial charge in [-0.25, -0.2) is 4.79 Å². The smallest absolute Gasteiger partial charge is 0.347 e. The van der Waals surface area contributed by atoms with Crippen molar-refractivity contribution in [3.05, 3.63) is 20.2 Å². The highest BCUT2D eigenvalue weighted by Gasteiger charge is 2.18. The fourth-order valence-electron chi connectivity index (χ4n) is 1.35. The van der Waals surface area contributed by atoms with E-state index in [1.807, 2.05) is 0 Å². The molecular weight excluding hydrogens is 260 g/mol. The van der Waals surface area contributed by atoms with E-state index in [9.17, 15) is 14.4 Å². The fraction of sp³-hybridized carbons (Fsp3) is 0.500. The third kappa shape index (κ3) is 3.41. The Morgan fingerprint density at radius 2 is 2.17 bits per heavy atom. The molecule has 0 aliphatic heterocycles. The lowest BCUT2D eigenvalue weighted by molar-refractivity contribution is -0.121. The predicted molar refractivity (Wildman–Crippen MR) is 65.2 cm³/mol. The second-order valence-corrected chi connectivity index (χ2v) is 4.48. The van der Waals surface area contributed by atoms with Gasteiger partial charge in [0.1, 0.15) is 11.4 Å². The molecule has 100 valence electrons. The largest absolute Gasteiger partial charge is 0.477 e. The number of carboxylic acids is 1. The predicted octanol–water partition coefficient (Wildman–Crippen LogP) is -0.321. The van der Waals surface area contributed by atoms with Crippen LogP contribution in [0.25, 0.3) is 0 Å². The minimum Gasteiger partial charge on any atom is -0.477 e. The van der Waals surface area contributed by atoms with Crippen molar-refractivity contribution in [3.8, 4) is 0 Å². The SMILES string of the molecule is COCCNC(=O)Cn1c(C)c(C(=O)O)sc1=O. The number of ether oxygens (including phenoxy) is 1. The number of thiazole rings is 1. The van der Waals surface area contributed by atoms with Crippen LogP contribution in [0, 0.1) is 6.92 Å². The summed E-state index contributed by atoms with van der Waals surface area (Å²) >= 11 is 0.623. The average Bonchev–Trinajstić information content (AvgIpc) is 2.57. The monoisotopic (exact) mass is 274 g/mol. The van der Waals surface area contributed by atoms with Crippen molar-refractivity contribution >= 4 is 23.2 Å². The minimum absolute atomic E-state index is 0.0373. The van der Waals surface area contributed by atoms with Crippen molar-refractivity contribution in [2.45, 2.75) is 13.5 Å². The number of methoxy groups -OCH3 is 1. The summed E-state index contributed by atoms with van der Waals surface area (Å²) in [5, 5.41) is 11.4. The zero-order valence-corrected chi connectivity index (χ0v) is 10.9. The van der Waals surface area contributed by atoms with E-state index >= 15 is 0 Å². The number of rotatable bonds is 6. The van der Waals surface area contributed by atoms with Crippen LogP contribution in [0.5, 0.6) is 0 Å². The van der Waals surface area contributed by atoms with Crippen molar-refractivity contribution in [2.24, 2.45) is 0 Å². The lowest BCUT2D eigenvalue weighted by Gasteiger charge is -2.06. The number of nitrogens with one attached hydrogen (secondary N) is 1. The number of nitrogens with zero attached hydrogens (tertiary/aromatic N) is 1. The van der Waals surface area contributed by atoms with Gasteiger partial charge in [0.15, 0.2) is 0 Å². The van der Waals surface area contributed by atoms with Crippen molar-refractivity contribution < 1.29 is 19.4 Å². The quantitative estimate of drug-likeness (QED) is 0.693. The van der Waals surface area contributed by atoms with Gasteiger partial charge in [0.05, 0.1) is 6.61 Å². The maximum absolute atomic E-state index is 11.5. The molecule has 0 fully saturated rings. The standard InChI is InChI=1S/C10H14N2O5S/c1-6-8(9(14)15)18-10(16)12(6)5-7(13)11-3-4-17-2/h3-5H2,1-2H3,(H,11,13)(H,14,15). The summed E-state index contributed by atoms with van der Waals surface area (Å²) in [6, 6.07) is 0. The lowest BCUT2D eigenvalue weighted by atomic mass is 10.4. The van der Waals surface area contributed by atoms with Crippen LogP contribution in [0.4, 0.5) is 0 Å². The topological polar surface area (TPSA) is 97.6 Å². The normalized spacial score (nSPS) is 10.3. The van der Waals surface area contributed by atoms with Crippen molar-refractivity contribution in [3.63, 3.8) is 0 Å². The van der Waals surface area contributed by atoms with Crippen LogP contribution in [0.2, 0.25) is 0 Å². The Hall–Kier alpha value is -1.67. The van der Waals surface area contributed by atoms with E-state index < -0.39 is 10.8 Å². The Morgan fingerprint density at radius 1 is 1.50 bits per heavy atom. The molecule has 2 N–H and O–H groups in total. The maximum Gasteiger partial charge on any atom is 0.347 e. The van der Waals surface area contributed by atoms with Crippen molar-refractivity contribution in [2.75, 3.05) is 20.3 Å². The molecule has 0 radical (unpaired) electrons. The number of hydrogen-bond donors (Lipinski definition) is 2. The number of aromatic nitrogens is 1. The molecule has 1 amide bonds. The van der Waals surface area contributed by atoms with Crippen LogP contribution in [0.15, 0.2) is 4.79 Å². The molecule has 0 unspecified atom stereocenters. The summed E-state index contributed by atoms with van der Waals surface area (Å²) in [5.41, 5.74) is 0.291. The highest BCUT2D eigenvalue weighted by atomic mass is 32.1. The van der Waals surface area contributed by atoms with Crippen LogP contribution in [-0.2, 0) is 16.1 Å². The first-order chi connectivity index (χ1) is 8.47. The van der Waals surface area contributed by atoms with Gasteiger partial charge in [-0.2, -0.15) is 0 Å². The van der Waals surface area contributed by atoms with E-state index in [0.717, 1.165) is 4.57 Å². The minimum atomic E-state index is -1.16. The van der Waals surface area contributed by atoms with Gasteiger partial charge in [-0.05, 0) is 6.92 Å². The number of carbonyl (C=O) groups is 2. The van der Waals surface area contributed by atoms with E-state index in [-0.39, 0.29) is 17.3 Å². The number of hydrogen-bond acceptors (Lipinski definition) is 5. The molecule has 8 heteroatoms. The van der Waals surface area contributed by atoms with Gasteiger partial charge in [0.25, 0.3) is 0 Å². The summed E-state index contributed by atoms with van der Waals surface area (Å²) in [5.74, 6) is -1.51. The molecule has 0 aromatic carbocycles. The van der Waals surface area contributed by atoms with Gasteiger partial charge in [0, 0.05) is 19.3 Å². The number of carbonyl (C=O) groups excluding carboxylic acids is 1. The molecule has 0 saturated carbocycles. The summed E-state index contributed by atoms with van der Waals surface area (Å²) in [6.45, 7) is 2.05. The third-order valence-corrected chi connectivity index (χ3v) is 3.34. The molecule has 1 heterocycles.